The number of benzene rings is 1. The van der Waals surface area contributed by atoms with E-state index >= 15 is 0 Å². The second-order valence-electron chi connectivity index (χ2n) is 6.15. The summed E-state index contributed by atoms with van der Waals surface area (Å²) in [5.74, 6) is -0.225. The number of amides is 1. The lowest BCUT2D eigenvalue weighted by atomic mass is 10.1. The summed E-state index contributed by atoms with van der Waals surface area (Å²) in [6, 6.07) is 9.54. The summed E-state index contributed by atoms with van der Waals surface area (Å²) in [5, 5.41) is 3.53. The summed E-state index contributed by atoms with van der Waals surface area (Å²) in [4.78, 5) is 15.8. The first-order valence-corrected chi connectivity index (χ1v) is 10.6. The fraction of sp³-hybridized carbons (Fsp3) is 0.333. The Hall–Kier alpha value is -2.03. The Kier molecular flexibility index (Phi) is 5.55. The van der Waals surface area contributed by atoms with Gasteiger partial charge in [0, 0.05) is 24.7 Å². The van der Waals surface area contributed by atoms with Crippen LogP contribution in [0.25, 0.3) is 10.6 Å². The van der Waals surface area contributed by atoms with Gasteiger partial charge in [-0.1, -0.05) is 36.9 Å². The van der Waals surface area contributed by atoms with Gasteiger partial charge in [-0.2, -0.15) is 4.31 Å². The van der Waals surface area contributed by atoms with Gasteiger partial charge >= 0.3 is 0 Å². The SMILES string of the molecule is C=CC(=O)NC1CCN(S(=O)(=O)c2sc(-c3ccccc3)nc2C)CC1. The van der Waals surface area contributed by atoms with Crippen LogP contribution in [0.1, 0.15) is 18.5 Å². The molecule has 2 aromatic rings. The fourth-order valence-electron chi connectivity index (χ4n) is 2.94. The molecule has 6 nitrogen and oxygen atoms in total. The summed E-state index contributed by atoms with van der Waals surface area (Å²) in [7, 11) is -3.58. The number of hydrogen-bond acceptors (Lipinski definition) is 5. The maximum Gasteiger partial charge on any atom is 0.254 e. The standard InChI is InChI=1S/C18H21N3O3S2/c1-3-16(22)20-15-9-11-21(12-10-15)26(23,24)18-13(2)19-17(25-18)14-7-5-4-6-8-14/h3-8,15H,1,9-12H2,2H3,(H,20,22). The highest BCUT2D eigenvalue weighted by atomic mass is 32.2. The number of thiazole rings is 1. The molecular weight excluding hydrogens is 370 g/mol. The van der Waals surface area contributed by atoms with E-state index in [-0.39, 0.29) is 11.9 Å². The third-order valence-electron chi connectivity index (χ3n) is 4.33. The molecule has 0 unspecified atom stereocenters. The van der Waals surface area contributed by atoms with E-state index in [9.17, 15) is 13.2 Å². The lowest BCUT2D eigenvalue weighted by Gasteiger charge is -2.31. The first kappa shape index (κ1) is 18.8. The molecule has 138 valence electrons. The molecule has 1 saturated heterocycles. The number of nitrogens with one attached hydrogen (secondary N) is 1. The number of aryl methyl sites for hydroxylation is 1. The predicted molar refractivity (Wildman–Crippen MR) is 102 cm³/mol. The maximum atomic E-state index is 13.0. The average molecular weight is 392 g/mol. The zero-order valence-electron chi connectivity index (χ0n) is 14.5. The Labute approximate surface area is 157 Å². The number of hydrogen-bond donors (Lipinski definition) is 1. The van der Waals surface area contributed by atoms with Crippen molar-refractivity contribution < 1.29 is 13.2 Å². The molecular formula is C18H21N3O3S2. The van der Waals surface area contributed by atoms with Crippen LogP contribution < -0.4 is 5.32 Å². The van der Waals surface area contributed by atoms with Gasteiger partial charge in [-0.05, 0) is 25.8 Å². The monoisotopic (exact) mass is 391 g/mol. The van der Waals surface area contributed by atoms with E-state index in [1.807, 2.05) is 30.3 Å². The average Bonchev–Trinajstić information content (AvgIpc) is 3.05. The van der Waals surface area contributed by atoms with Crippen LogP contribution in [0.5, 0.6) is 0 Å². The number of carbonyl (C=O) groups excluding carboxylic acids is 1. The summed E-state index contributed by atoms with van der Waals surface area (Å²) in [6.07, 6.45) is 2.40. The predicted octanol–water partition coefficient (Wildman–Crippen LogP) is 2.57. The molecule has 0 radical (unpaired) electrons. The third-order valence-corrected chi connectivity index (χ3v) is 8.03. The summed E-state index contributed by atoms with van der Waals surface area (Å²) in [5.41, 5.74) is 1.43. The van der Waals surface area contributed by atoms with E-state index in [0.29, 0.717) is 40.8 Å². The molecule has 0 saturated carbocycles. The minimum atomic E-state index is -3.58. The smallest absolute Gasteiger partial charge is 0.254 e. The Bertz CT molecular complexity index is 899. The molecule has 1 aliphatic heterocycles. The van der Waals surface area contributed by atoms with Crippen LogP contribution in [0.3, 0.4) is 0 Å². The maximum absolute atomic E-state index is 13.0. The van der Waals surface area contributed by atoms with E-state index < -0.39 is 10.0 Å². The molecule has 3 rings (SSSR count). The van der Waals surface area contributed by atoms with Gasteiger partial charge in [0.2, 0.25) is 5.91 Å². The van der Waals surface area contributed by atoms with E-state index in [1.165, 1.54) is 21.7 Å². The highest BCUT2D eigenvalue weighted by Gasteiger charge is 2.32. The van der Waals surface area contributed by atoms with Crippen LogP contribution in [0.2, 0.25) is 0 Å². The van der Waals surface area contributed by atoms with Gasteiger partial charge in [-0.25, -0.2) is 13.4 Å². The van der Waals surface area contributed by atoms with Gasteiger partial charge in [0.25, 0.3) is 10.0 Å². The first-order valence-electron chi connectivity index (χ1n) is 8.37. The zero-order valence-corrected chi connectivity index (χ0v) is 16.1. The molecule has 0 bridgehead atoms. The topological polar surface area (TPSA) is 79.4 Å². The molecule has 1 aliphatic rings. The third kappa shape index (κ3) is 3.87. The van der Waals surface area contributed by atoms with Crippen molar-refractivity contribution in [3.05, 3.63) is 48.7 Å². The zero-order chi connectivity index (χ0) is 18.7. The molecule has 1 amide bonds. The van der Waals surface area contributed by atoms with Gasteiger partial charge in [0.15, 0.2) is 4.21 Å². The van der Waals surface area contributed by atoms with Crippen molar-refractivity contribution in [2.45, 2.75) is 30.0 Å². The minimum absolute atomic E-state index is 0.0191. The van der Waals surface area contributed by atoms with Gasteiger partial charge < -0.3 is 5.32 Å². The molecule has 1 aromatic heterocycles. The van der Waals surface area contributed by atoms with Crippen molar-refractivity contribution in [2.24, 2.45) is 0 Å². The molecule has 1 aromatic carbocycles. The minimum Gasteiger partial charge on any atom is -0.350 e. The van der Waals surface area contributed by atoms with E-state index in [2.05, 4.69) is 16.9 Å². The van der Waals surface area contributed by atoms with Crippen LogP contribution >= 0.6 is 11.3 Å². The number of aromatic nitrogens is 1. The number of carbonyl (C=O) groups is 1. The second-order valence-corrected chi connectivity index (χ2v) is 9.28. The normalized spacial score (nSPS) is 16.3. The molecule has 1 fully saturated rings. The summed E-state index contributed by atoms with van der Waals surface area (Å²) < 4.78 is 27.8. The van der Waals surface area contributed by atoms with Gasteiger partial charge in [0.1, 0.15) is 5.01 Å². The Morgan fingerprint density at radius 2 is 1.96 bits per heavy atom. The van der Waals surface area contributed by atoms with Crippen molar-refractivity contribution in [3.8, 4) is 10.6 Å². The van der Waals surface area contributed by atoms with Crippen molar-refractivity contribution in [2.75, 3.05) is 13.1 Å². The van der Waals surface area contributed by atoms with Crippen molar-refractivity contribution in [1.29, 1.82) is 0 Å². The second kappa shape index (κ2) is 7.69. The Morgan fingerprint density at radius 1 is 1.31 bits per heavy atom. The van der Waals surface area contributed by atoms with Crippen LogP contribution in [-0.2, 0) is 14.8 Å². The van der Waals surface area contributed by atoms with Crippen LogP contribution in [0.4, 0.5) is 0 Å². The number of piperidine rings is 1. The molecule has 0 spiro atoms. The first-order chi connectivity index (χ1) is 12.4. The van der Waals surface area contributed by atoms with Crippen molar-refractivity contribution >= 4 is 27.3 Å². The van der Waals surface area contributed by atoms with Crippen LogP contribution in [0, 0.1) is 6.92 Å². The molecule has 26 heavy (non-hydrogen) atoms. The van der Waals surface area contributed by atoms with Crippen LogP contribution in [0.15, 0.2) is 47.2 Å². The summed E-state index contributed by atoms with van der Waals surface area (Å²) in [6.45, 7) is 5.92. The molecule has 0 aliphatic carbocycles. The number of rotatable bonds is 5. The largest absolute Gasteiger partial charge is 0.350 e. The van der Waals surface area contributed by atoms with E-state index in [1.54, 1.807) is 6.92 Å². The lowest BCUT2D eigenvalue weighted by Crippen LogP contribution is -2.46. The quantitative estimate of drug-likeness (QED) is 0.795. The molecule has 0 atom stereocenters. The van der Waals surface area contributed by atoms with Gasteiger partial charge in [-0.15, -0.1) is 11.3 Å². The van der Waals surface area contributed by atoms with E-state index in [0.717, 1.165) is 5.56 Å². The van der Waals surface area contributed by atoms with Gasteiger partial charge in [-0.3, -0.25) is 4.79 Å². The van der Waals surface area contributed by atoms with Crippen molar-refractivity contribution in [1.82, 2.24) is 14.6 Å². The highest BCUT2D eigenvalue weighted by Crippen LogP contribution is 2.33. The number of nitrogens with zero attached hydrogens (tertiary/aromatic N) is 2. The van der Waals surface area contributed by atoms with Crippen LogP contribution in [-0.4, -0.2) is 42.7 Å². The van der Waals surface area contributed by atoms with Crippen molar-refractivity contribution in [3.63, 3.8) is 0 Å². The number of sulfonamides is 1. The Morgan fingerprint density at radius 3 is 2.58 bits per heavy atom. The Balaban J connectivity index is 1.76. The fourth-order valence-corrected chi connectivity index (χ4v) is 6.07. The summed E-state index contributed by atoms with van der Waals surface area (Å²) >= 11 is 1.20. The molecule has 8 heteroatoms. The molecule has 2 heterocycles. The van der Waals surface area contributed by atoms with Gasteiger partial charge in [0.05, 0.1) is 5.69 Å². The van der Waals surface area contributed by atoms with E-state index in [4.69, 9.17) is 0 Å². The lowest BCUT2D eigenvalue weighted by molar-refractivity contribution is -0.117. The highest BCUT2D eigenvalue weighted by molar-refractivity contribution is 7.91. The molecule has 1 N–H and O–H groups in total.